The lowest BCUT2D eigenvalue weighted by Gasteiger charge is -2.10. The van der Waals surface area contributed by atoms with Crippen molar-refractivity contribution in [1.82, 2.24) is 0 Å². The predicted octanol–water partition coefficient (Wildman–Crippen LogP) is 4.62. The Morgan fingerprint density at radius 1 is 1.16 bits per heavy atom. The number of carboxylic acids is 1. The van der Waals surface area contributed by atoms with E-state index in [4.69, 9.17) is 33.0 Å². The molecule has 1 N–H and O–H groups in total. The molecule has 2 aromatic carbocycles. The van der Waals surface area contributed by atoms with Gasteiger partial charge in [0.1, 0.15) is 11.3 Å². The number of benzene rings is 2. The molecule has 0 bridgehead atoms. The van der Waals surface area contributed by atoms with Gasteiger partial charge in [0.25, 0.3) is 0 Å². The summed E-state index contributed by atoms with van der Waals surface area (Å²) in [5.74, 6) is -2.29. The van der Waals surface area contributed by atoms with E-state index in [0.717, 1.165) is 6.07 Å². The Hall–Kier alpha value is -1.78. The second-order valence-corrected chi connectivity index (χ2v) is 4.50. The van der Waals surface area contributed by atoms with Crippen LogP contribution in [0.2, 0.25) is 10.0 Å². The molecule has 0 spiro atoms. The van der Waals surface area contributed by atoms with Crippen LogP contribution in [0.3, 0.4) is 0 Å². The van der Waals surface area contributed by atoms with Gasteiger partial charge in [0, 0.05) is 10.0 Å². The Morgan fingerprint density at radius 2 is 1.79 bits per heavy atom. The van der Waals surface area contributed by atoms with Crippen LogP contribution in [-0.4, -0.2) is 11.1 Å². The highest BCUT2D eigenvalue weighted by Crippen LogP contribution is 2.32. The Balaban J connectivity index is 2.45. The molecule has 0 atom stereocenters. The topological polar surface area (TPSA) is 46.5 Å². The van der Waals surface area contributed by atoms with Gasteiger partial charge >= 0.3 is 5.97 Å². The lowest BCUT2D eigenvalue weighted by molar-refractivity contribution is 0.0693. The van der Waals surface area contributed by atoms with Crippen molar-refractivity contribution in [2.45, 2.75) is 0 Å². The zero-order chi connectivity index (χ0) is 14.0. The summed E-state index contributed by atoms with van der Waals surface area (Å²) in [4.78, 5) is 11.0. The second-order valence-electron chi connectivity index (χ2n) is 3.63. The van der Waals surface area contributed by atoms with E-state index in [2.05, 4.69) is 0 Å². The molecular weight excluding hydrogens is 294 g/mol. The molecule has 19 heavy (non-hydrogen) atoms. The van der Waals surface area contributed by atoms with Crippen LogP contribution >= 0.6 is 23.2 Å². The van der Waals surface area contributed by atoms with Crippen molar-refractivity contribution in [2.75, 3.05) is 0 Å². The molecule has 0 aromatic heterocycles. The molecule has 0 aliphatic rings. The number of ether oxygens (including phenoxy) is 1. The number of hydrogen-bond donors (Lipinski definition) is 1. The highest BCUT2D eigenvalue weighted by atomic mass is 35.5. The molecule has 2 aromatic rings. The average molecular weight is 301 g/mol. The molecule has 2 rings (SSSR count). The van der Waals surface area contributed by atoms with Gasteiger partial charge in [0.2, 0.25) is 0 Å². The smallest absolute Gasteiger partial charge is 0.339 e. The van der Waals surface area contributed by atoms with Gasteiger partial charge < -0.3 is 9.84 Å². The van der Waals surface area contributed by atoms with Crippen LogP contribution in [0.25, 0.3) is 0 Å². The molecule has 0 amide bonds. The third-order valence-electron chi connectivity index (χ3n) is 2.25. The van der Waals surface area contributed by atoms with Crippen LogP contribution in [0.5, 0.6) is 11.5 Å². The summed E-state index contributed by atoms with van der Waals surface area (Å²) in [7, 11) is 0. The average Bonchev–Trinajstić information content (AvgIpc) is 2.30. The van der Waals surface area contributed by atoms with Crippen LogP contribution in [0.1, 0.15) is 10.4 Å². The maximum Gasteiger partial charge on any atom is 0.339 e. The first-order chi connectivity index (χ1) is 8.97. The first-order valence-corrected chi connectivity index (χ1v) is 5.88. The van der Waals surface area contributed by atoms with Crippen LogP contribution in [0.4, 0.5) is 4.39 Å². The third-order valence-corrected chi connectivity index (χ3v) is 2.69. The summed E-state index contributed by atoms with van der Waals surface area (Å²) in [6, 6.07) is 7.93. The molecule has 6 heteroatoms. The molecule has 0 aliphatic heterocycles. The van der Waals surface area contributed by atoms with Gasteiger partial charge in [-0.3, -0.25) is 0 Å². The highest BCUT2D eigenvalue weighted by Gasteiger charge is 2.16. The molecule has 0 heterocycles. The third kappa shape index (κ3) is 3.16. The first kappa shape index (κ1) is 13.6. The normalized spacial score (nSPS) is 10.3. The largest absolute Gasteiger partial charge is 0.478 e. The van der Waals surface area contributed by atoms with Crippen molar-refractivity contribution < 1.29 is 19.0 Å². The number of hydrogen-bond acceptors (Lipinski definition) is 2. The van der Waals surface area contributed by atoms with Crippen LogP contribution in [0.15, 0.2) is 36.4 Å². The maximum atomic E-state index is 13.6. The number of rotatable bonds is 3. The number of para-hydroxylation sites is 1. The van der Waals surface area contributed by atoms with Gasteiger partial charge in [-0.1, -0.05) is 29.3 Å². The molecule has 3 nitrogen and oxygen atoms in total. The zero-order valence-electron chi connectivity index (χ0n) is 9.36. The minimum atomic E-state index is -1.29. The van der Waals surface area contributed by atoms with E-state index in [1.54, 1.807) is 0 Å². The molecule has 0 aliphatic carbocycles. The fourth-order valence-electron chi connectivity index (χ4n) is 1.49. The lowest BCUT2D eigenvalue weighted by atomic mass is 10.2. The summed E-state index contributed by atoms with van der Waals surface area (Å²) in [5.41, 5.74) is -0.281. The van der Waals surface area contributed by atoms with Crippen molar-refractivity contribution in [2.24, 2.45) is 0 Å². The summed E-state index contributed by atoms with van der Waals surface area (Å²) in [6.07, 6.45) is 0. The molecule has 0 fully saturated rings. The number of carbonyl (C=O) groups is 1. The lowest BCUT2D eigenvalue weighted by Crippen LogP contribution is -2.01. The molecule has 0 unspecified atom stereocenters. The van der Waals surface area contributed by atoms with Crippen LogP contribution in [0, 0.1) is 5.82 Å². The SMILES string of the molecule is O=C(O)c1cccc(F)c1Oc1cc(Cl)cc(Cl)c1. The first-order valence-electron chi connectivity index (χ1n) is 5.13. The van der Waals surface area contributed by atoms with Crippen molar-refractivity contribution in [3.63, 3.8) is 0 Å². The van der Waals surface area contributed by atoms with E-state index in [9.17, 15) is 9.18 Å². The minimum Gasteiger partial charge on any atom is -0.478 e. The molecular formula is C13H7Cl2FO3. The Morgan fingerprint density at radius 3 is 2.37 bits per heavy atom. The summed E-state index contributed by atoms with van der Waals surface area (Å²) in [5, 5.41) is 9.58. The van der Waals surface area contributed by atoms with E-state index >= 15 is 0 Å². The van der Waals surface area contributed by atoms with Crippen molar-refractivity contribution in [3.05, 3.63) is 57.8 Å². The fourth-order valence-corrected chi connectivity index (χ4v) is 1.99. The van der Waals surface area contributed by atoms with E-state index in [1.165, 1.54) is 30.3 Å². The Kier molecular flexibility index (Phi) is 3.93. The van der Waals surface area contributed by atoms with Crippen molar-refractivity contribution >= 4 is 29.2 Å². The van der Waals surface area contributed by atoms with Gasteiger partial charge in [-0.25, -0.2) is 9.18 Å². The standard InChI is InChI=1S/C13H7Cl2FO3/c14-7-4-8(15)6-9(5-7)19-12-10(13(17)18)2-1-3-11(12)16/h1-6H,(H,17,18). The molecule has 0 saturated heterocycles. The number of halogens is 3. The maximum absolute atomic E-state index is 13.6. The quantitative estimate of drug-likeness (QED) is 0.899. The van der Waals surface area contributed by atoms with E-state index in [-0.39, 0.29) is 17.1 Å². The Labute approximate surface area is 118 Å². The minimum absolute atomic E-state index is 0.158. The zero-order valence-corrected chi connectivity index (χ0v) is 10.9. The number of carboxylic acid groups (broad SMARTS) is 1. The summed E-state index contributed by atoms with van der Waals surface area (Å²) < 4.78 is 18.9. The van der Waals surface area contributed by atoms with Gasteiger partial charge in [-0.2, -0.15) is 0 Å². The Bertz CT molecular complexity index is 624. The van der Waals surface area contributed by atoms with Crippen molar-refractivity contribution in [1.29, 1.82) is 0 Å². The summed E-state index contributed by atoms with van der Waals surface area (Å²) >= 11 is 11.6. The summed E-state index contributed by atoms with van der Waals surface area (Å²) in [6.45, 7) is 0. The van der Waals surface area contributed by atoms with E-state index in [0.29, 0.717) is 10.0 Å². The number of aromatic carboxylic acids is 1. The predicted molar refractivity (Wildman–Crippen MR) is 69.9 cm³/mol. The fraction of sp³-hybridized carbons (Fsp3) is 0. The van der Waals surface area contributed by atoms with Crippen molar-refractivity contribution in [3.8, 4) is 11.5 Å². The van der Waals surface area contributed by atoms with Gasteiger partial charge in [-0.05, 0) is 30.3 Å². The molecule has 0 saturated carbocycles. The molecule has 98 valence electrons. The van der Waals surface area contributed by atoms with Crippen LogP contribution in [-0.2, 0) is 0 Å². The van der Waals surface area contributed by atoms with E-state index < -0.39 is 11.8 Å². The monoisotopic (exact) mass is 300 g/mol. The van der Waals surface area contributed by atoms with E-state index in [1.807, 2.05) is 0 Å². The van der Waals surface area contributed by atoms with Gasteiger partial charge in [-0.15, -0.1) is 0 Å². The van der Waals surface area contributed by atoms with Crippen LogP contribution < -0.4 is 4.74 Å². The van der Waals surface area contributed by atoms with Gasteiger partial charge in [0.05, 0.1) is 0 Å². The highest BCUT2D eigenvalue weighted by molar-refractivity contribution is 6.34. The van der Waals surface area contributed by atoms with Gasteiger partial charge in [0.15, 0.2) is 11.6 Å². The molecule has 0 radical (unpaired) electrons. The second kappa shape index (κ2) is 5.47.